The molecule has 0 fully saturated rings. The third-order valence-corrected chi connectivity index (χ3v) is 1.86. The van der Waals surface area contributed by atoms with E-state index in [1.54, 1.807) is 0 Å². The molecule has 88 valence electrons. The molecule has 0 aliphatic heterocycles. The van der Waals surface area contributed by atoms with Crippen molar-refractivity contribution < 1.29 is 0 Å². The Morgan fingerprint density at radius 1 is 1.00 bits per heavy atom. The van der Waals surface area contributed by atoms with Crippen LogP contribution in [0.4, 0.5) is 0 Å². The Morgan fingerprint density at radius 2 is 1.69 bits per heavy atom. The first-order valence-electron chi connectivity index (χ1n) is 5.59. The van der Waals surface area contributed by atoms with Gasteiger partial charge in [-0.1, -0.05) is 50.1 Å². The van der Waals surface area contributed by atoms with E-state index in [0.29, 0.717) is 0 Å². The first kappa shape index (κ1) is 14.4. The number of unbranched alkanes of at least 4 members (excludes halogenated alkanes) is 2. The van der Waals surface area contributed by atoms with Gasteiger partial charge in [-0.25, -0.2) is 0 Å². The van der Waals surface area contributed by atoms with Crippen LogP contribution in [0.15, 0.2) is 52.2 Å². The maximum Gasteiger partial charge on any atom is 0.100 e. The Kier molecular flexibility index (Phi) is 12.1. The quantitative estimate of drug-likeness (QED) is 0.183. The second kappa shape index (κ2) is 13.4. The lowest BCUT2D eigenvalue weighted by molar-refractivity contribution is 0.813. The molecule has 0 saturated carbocycles. The summed E-state index contributed by atoms with van der Waals surface area (Å²) >= 11 is 0. The molecule has 0 aliphatic carbocycles. The highest BCUT2D eigenvalue weighted by Crippen LogP contribution is 1.97. The van der Waals surface area contributed by atoms with Crippen LogP contribution in [-0.4, -0.2) is 0 Å². The van der Waals surface area contributed by atoms with Crippen molar-refractivity contribution in [1.29, 1.82) is 0 Å². The number of hydrogen-bond acceptors (Lipinski definition) is 2. The fraction of sp³-hybridized carbons (Fsp3) is 0.500. The van der Waals surface area contributed by atoms with Gasteiger partial charge < -0.3 is 0 Å². The number of nitroso groups, excluding NO2 is 1. The predicted molar refractivity (Wildman–Crippen MR) is 66.8 cm³/mol. The van der Waals surface area contributed by atoms with E-state index >= 15 is 0 Å². The monoisotopic (exact) mass is 221 g/mol. The summed E-state index contributed by atoms with van der Waals surface area (Å²) in [6, 6.07) is 0. The topological polar surface area (TPSA) is 54.1 Å². The van der Waals surface area contributed by atoms with Gasteiger partial charge in [0.05, 0.1) is 0 Å². The minimum Gasteiger partial charge on any atom is -0.136 e. The standard InChI is InChI=1S/C12H19N3O/c1-2-3-4-5-6-7-8-9-10-11-12-13-14-15-16/h5-6,8-9,11-12H,2-4,7,10H2,1H3/b6-5?,9-8+,12-11+,14-13?. The van der Waals surface area contributed by atoms with E-state index in [2.05, 4.69) is 40.8 Å². The number of hydrogen-bond donors (Lipinski definition) is 0. The van der Waals surface area contributed by atoms with Crippen LogP contribution in [0.2, 0.25) is 0 Å². The Labute approximate surface area is 96.8 Å². The van der Waals surface area contributed by atoms with E-state index in [4.69, 9.17) is 0 Å². The molecular weight excluding hydrogens is 202 g/mol. The lowest BCUT2D eigenvalue weighted by atomic mass is 10.2. The van der Waals surface area contributed by atoms with E-state index in [0.717, 1.165) is 12.8 Å². The molecule has 0 aromatic heterocycles. The highest BCUT2D eigenvalue weighted by Gasteiger charge is 1.77. The summed E-state index contributed by atoms with van der Waals surface area (Å²) in [4.78, 5) is 9.52. The molecule has 0 radical (unpaired) electrons. The van der Waals surface area contributed by atoms with Crippen molar-refractivity contribution in [1.82, 2.24) is 0 Å². The molecule has 0 bridgehead atoms. The SMILES string of the molecule is CCCCC=CC/C=C/C/C=C/N=NN=O. The van der Waals surface area contributed by atoms with Gasteiger partial charge in [0.15, 0.2) is 0 Å². The van der Waals surface area contributed by atoms with Crippen LogP contribution in [0.1, 0.15) is 39.0 Å². The number of allylic oxidation sites excluding steroid dienone is 5. The summed E-state index contributed by atoms with van der Waals surface area (Å²) in [6.45, 7) is 2.19. The van der Waals surface area contributed by atoms with Gasteiger partial charge in [-0.2, -0.15) is 0 Å². The lowest BCUT2D eigenvalue weighted by Gasteiger charge is -1.87. The van der Waals surface area contributed by atoms with Crippen molar-refractivity contribution in [2.24, 2.45) is 15.6 Å². The van der Waals surface area contributed by atoms with Crippen LogP contribution < -0.4 is 0 Å². The molecule has 0 N–H and O–H groups in total. The zero-order valence-corrected chi connectivity index (χ0v) is 9.75. The highest BCUT2D eigenvalue weighted by molar-refractivity contribution is 4.96. The molecule has 4 heteroatoms. The third kappa shape index (κ3) is 12.4. The fourth-order valence-electron chi connectivity index (χ4n) is 1.04. The maximum atomic E-state index is 9.52. The van der Waals surface area contributed by atoms with Crippen LogP contribution in [0, 0.1) is 4.91 Å². The Balaban J connectivity index is 3.40. The van der Waals surface area contributed by atoms with Crippen LogP contribution in [0.5, 0.6) is 0 Å². The second-order valence-corrected chi connectivity index (χ2v) is 3.23. The van der Waals surface area contributed by atoms with Gasteiger partial charge in [0, 0.05) is 6.20 Å². The van der Waals surface area contributed by atoms with Crippen molar-refractivity contribution >= 4 is 0 Å². The van der Waals surface area contributed by atoms with Crippen molar-refractivity contribution in [2.75, 3.05) is 0 Å². The average molecular weight is 221 g/mol. The minimum absolute atomic E-state index is 0.792. The Morgan fingerprint density at radius 3 is 2.38 bits per heavy atom. The summed E-state index contributed by atoms with van der Waals surface area (Å²) in [5.74, 6) is 0. The fourth-order valence-corrected chi connectivity index (χ4v) is 1.04. The highest BCUT2D eigenvalue weighted by atomic mass is 16.3. The maximum absolute atomic E-state index is 9.52. The van der Waals surface area contributed by atoms with Gasteiger partial charge in [0.2, 0.25) is 0 Å². The predicted octanol–water partition coefficient (Wildman–Crippen LogP) is 4.72. The molecule has 0 spiro atoms. The van der Waals surface area contributed by atoms with E-state index in [1.807, 2.05) is 12.2 Å². The molecule has 0 aromatic carbocycles. The number of rotatable bonds is 9. The first-order chi connectivity index (χ1) is 7.91. The normalized spacial score (nSPS) is 12.6. The van der Waals surface area contributed by atoms with Crippen molar-refractivity contribution in [3.05, 3.63) is 41.5 Å². The van der Waals surface area contributed by atoms with Crippen LogP contribution in [0.3, 0.4) is 0 Å². The molecule has 0 atom stereocenters. The molecule has 0 heterocycles. The zero-order chi connectivity index (χ0) is 11.9. The van der Waals surface area contributed by atoms with Crippen molar-refractivity contribution in [3.8, 4) is 0 Å². The van der Waals surface area contributed by atoms with Gasteiger partial charge in [-0.3, -0.25) is 0 Å². The van der Waals surface area contributed by atoms with Gasteiger partial charge in [-0.15, -0.1) is 10.0 Å². The van der Waals surface area contributed by atoms with E-state index in [1.165, 1.54) is 25.5 Å². The van der Waals surface area contributed by atoms with Crippen molar-refractivity contribution in [3.63, 3.8) is 0 Å². The molecule has 0 unspecified atom stereocenters. The molecule has 4 nitrogen and oxygen atoms in total. The molecule has 16 heavy (non-hydrogen) atoms. The van der Waals surface area contributed by atoms with E-state index in [-0.39, 0.29) is 0 Å². The smallest absolute Gasteiger partial charge is 0.100 e. The largest absolute Gasteiger partial charge is 0.136 e. The molecule has 0 aromatic rings. The minimum atomic E-state index is 0.792. The molecule has 0 amide bonds. The number of nitrogens with zero attached hydrogens (tertiary/aromatic N) is 3. The second-order valence-electron chi connectivity index (χ2n) is 3.23. The summed E-state index contributed by atoms with van der Waals surface area (Å²) in [6.07, 6.45) is 17.2. The Bertz CT molecular complexity index is 267. The van der Waals surface area contributed by atoms with Gasteiger partial charge in [0.25, 0.3) is 0 Å². The molecule has 0 rings (SSSR count). The summed E-state index contributed by atoms with van der Waals surface area (Å²) in [7, 11) is 0. The summed E-state index contributed by atoms with van der Waals surface area (Å²) in [5.41, 5.74) is 0. The summed E-state index contributed by atoms with van der Waals surface area (Å²) in [5, 5.41) is 8.54. The lowest BCUT2D eigenvalue weighted by Crippen LogP contribution is -1.66. The van der Waals surface area contributed by atoms with Gasteiger partial charge in [0.1, 0.15) is 5.29 Å². The van der Waals surface area contributed by atoms with Gasteiger partial charge >= 0.3 is 0 Å². The Hall–Kier alpha value is -1.58. The van der Waals surface area contributed by atoms with Gasteiger partial charge in [-0.05, 0) is 24.5 Å². The first-order valence-corrected chi connectivity index (χ1v) is 5.59. The summed E-state index contributed by atoms with van der Waals surface area (Å²) < 4.78 is 0. The third-order valence-electron chi connectivity index (χ3n) is 1.86. The van der Waals surface area contributed by atoms with Crippen molar-refractivity contribution in [2.45, 2.75) is 39.0 Å². The molecule has 0 saturated heterocycles. The van der Waals surface area contributed by atoms with E-state index < -0.39 is 0 Å². The van der Waals surface area contributed by atoms with Crippen LogP contribution in [0.25, 0.3) is 0 Å². The van der Waals surface area contributed by atoms with Crippen LogP contribution in [-0.2, 0) is 0 Å². The van der Waals surface area contributed by atoms with E-state index in [9.17, 15) is 4.91 Å². The van der Waals surface area contributed by atoms with Crippen LogP contribution >= 0.6 is 0 Å². The average Bonchev–Trinajstić information content (AvgIpc) is 2.31. The zero-order valence-electron chi connectivity index (χ0n) is 9.75. The molecular formula is C12H19N3O. The molecule has 0 aliphatic rings.